The van der Waals surface area contributed by atoms with E-state index in [1.807, 2.05) is 6.07 Å². The van der Waals surface area contributed by atoms with E-state index in [1.54, 1.807) is 49.4 Å². The molecule has 32 heavy (non-hydrogen) atoms. The third-order valence-electron chi connectivity index (χ3n) is 4.17. The van der Waals surface area contributed by atoms with Gasteiger partial charge in [0.2, 0.25) is 5.95 Å². The topological polar surface area (TPSA) is 104 Å². The fourth-order valence-electron chi connectivity index (χ4n) is 2.73. The summed E-state index contributed by atoms with van der Waals surface area (Å²) in [6.07, 6.45) is 0. The highest BCUT2D eigenvalue weighted by Crippen LogP contribution is 2.30. The first-order valence-corrected chi connectivity index (χ1v) is 9.70. The first kappa shape index (κ1) is 22.8. The number of ether oxygens (including phenoxy) is 3. The Hall–Kier alpha value is -3.92. The van der Waals surface area contributed by atoms with E-state index in [1.165, 1.54) is 14.2 Å². The number of rotatable bonds is 10. The third-order valence-corrected chi connectivity index (χ3v) is 4.17. The van der Waals surface area contributed by atoms with Gasteiger partial charge in [0.25, 0.3) is 0 Å². The van der Waals surface area contributed by atoms with Gasteiger partial charge in [-0.1, -0.05) is 30.3 Å². The lowest BCUT2D eigenvalue weighted by Crippen LogP contribution is -2.17. The first-order chi connectivity index (χ1) is 15.5. The highest BCUT2D eigenvalue weighted by atomic mass is 19.1. The van der Waals surface area contributed by atoms with Gasteiger partial charge in [-0.25, -0.2) is 19.6 Å². The fourth-order valence-corrected chi connectivity index (χ4v) is 2.73. The molecule has 0 spiro atoms. The lowest BCUT2D eigenvalue weighted by atomic mass is 10.1. The normalized spacial score (nSPS) is 10.4. The van der Waals surface area contributed by atoms with Gasteiger partial charge in [0.05, 0.1) is 20.8 Å². The minimum atomic E-state index is -0.742. The smallest absolute Gasteiger partial charge is 0.334 e. The molecule has 0 aliphatic carbocycles. The molecule has 9 nitrogen and oxygen atoms in total. The number of hydrogen-bond acceptors (Lipinski definition) is 9. The number of nitrogens with one attached hydrogen (secondary N) is 2. The molecule has 168 valence electrons. The summed E-state index contributed by atoms with van der Waals surface area (Å²) in [5.74, 6) is -0.404. The van der Waals surface area contributed by atoms with Crippen LogP contribution in [-0.2, 0) is 14.4 Å². The number of nitrogens with zero attached hydrogens (tertiary/aromatic N) is 2. The number of carbonyl (C=O) groups excluding carboxylic acids is 1. The van der Waals surface area contributed by atoms with Crippen molar-refractivity contribution in [2.45, 2.75) is 6.92 Å². The maximum absolute atomic E-state index is 15.1. The van der Waals surface area contributed by atoms with Crippen molar-refractivity contribution in [2.24, 2.45) is 0 Å². The van der Waals surface area contributed by atoms with Crippen LogP contribution in [0.1, 0.15) is 6.92 Å². The summed E-state index contributed by atoms with van der Waals surface area (Å²) >= 11 is 0. The molecule has 0 atom stereocenters. The van der Waals surface area contributed by atoms with Crippen molar-refractivity contribution in [1.82, 2.24) is 9.97 Å². The van der Waals surface area contributed by atoms with E-state index in [9.17, 15) is 4.79 Å². The Kier molecular flexibility index (Phi) is 7.76. The summed E-state index contributed by atoms with van der Waals surface area (Å²) in [5.41, 5.74) is 3.50. The molecule has 2 N–H and O–H groups in total. The Morgan fingerprint density at radius 3 is 2.34 bits per heavy atom. The number of carbonyl (C=O) groups is 1. The quantitative estimate of drug-likeness (QED) is 0.357. The molecule has 0 saturated carbocycles. The number of esters is 1. The Balaban J connectivity index is 1.94. The largest absolute Gasteiger partial charge is 0.497 e. The molecule has 0 aliphatic rings. The lowest BCUT2D eigenvalue weighted by molar-refractivity contribution is -0.147. The van der Waals surface area contributed by atoms with Crippen molar-refractivity contribution < 1.29 is 28.2 Å². The molecular formula is C22H23FN4O5. The SMILES string of the molecule is CCOC(=O)CONc1nc(Nc2cc(OC)cc(OC)c2)nc(-c2ccccc2)c1F. The van der Waals surface area contributed by atoms with Crippen molar-refractivity contribution in [3.8, 4) is 22.8 Å². The van der Waals surface area contributed by atoms with Gasteiger partial charge in [-0.15, -0.1) is 0 Å². The maximum atomic E-state index is 15.1. The summed E-state index contributed by atoms with van der Waals surface area (Å²) in [4.78, 5) is 25.0. The summed E-state index contributed by atoms with van der Waals surface area (Å²) < 4.78 is 30.5. The third kappa shape index (κ3) is 5.82. The molecule has 2 aromatic carbocycles. The van der Waals surface area contributed by atoms with E-state index in [0.717, 1.165) is 0 Å². The number of hydrogen-bond donors (Lipinski definition) is 2. The van der Waals surface area contributed by atoms with Gasteiger partial charge in [0.1, 0.15) is 17.2 Å². The van der Waals surface area contributed by atoms with Crippen LogP contribution in [0, 0.1) is 5.82 Å². The molecule has 0 amide bonds. The fraction of sp³-hybridized carbons (Fsp3) is 0.227. The molecule has 0 bridgehead atoms. The van der Waals surface area contributed by atoms with Crippen LogP contribution in [-0.4, -0.2) is 43.4 Å². The number of benzene rings is 2. The molecule has 3 rings (SSSR count). The maximum Gasteiger partial charge on any atom is 0.334 e. The van der Waals surface area contributed by atoms with E-state index in [0.29, 0.717) is 22.7 Å². The number of anilines is 3. The molecule has 0 aliphatic heterocycles. The molecule has 0 fully saturated rings. The number of halogens is 1. The molecule has 0 unspecified atom stereocenters. The molecule has 1 aromatic heterocycles. The van der Waals surface area contributed by atoms with Crippen molar-refractivity contribution in [2.75, 3.05) is 38.2 Å². The van der Waals surface area contributed by atoms with E-state index < -0.39 is 18.4 Å². The van der Waals surface area contributed by atoms with Crippen molar-refractivity contribution in [3.05, 3.63) is 54.3 Å². The molecule has 3 aromatic rings. The van der Waals surface area contributed by atoms with E-state index in [2.05, 4.69) is 20.8 Å². The summed E-state index contributed by atoms with van der Waals surface area (Å²) in [7, 11) is 3.06. The molecule has 1 heterocycles. The van der Waals surface area contributed by atoms with Crippen molar-refractivity contribution in [1.29, 1.82) is 0 Å². The van der Waals surface area contributed by atoms with Gasteiger partial charge >= 0.3 is 5.97 Å². The van der Waals surface area contributed by atoms with Crippen LogP contribution in [0.5, 0.6) is 11.5 Å². The highest BCUT2D eigenvalue weighted by molar-refractivity contribution is 5.71. The van der Waals surface area contributed by atoms with Crippen LogP contribution in [0.4, 0.5) is 21.8 Å². The van der Waals surface area contributed by atoms with E-state index in [4.69, 9.17) is 19.0 Å². The van der Waals surface area contributed by atoms with E-state index >= 15 is 4.39 Å². The number of aromatic nitrogens is 2. The Labute approximate surface area is 184 Å². The monoisotopic (exact) mass is 442 g/mol. The van der Waals surface area contributed by atoms with Gasteiger partial charge < -0.3 is 19.5 Å². The predicted octanol–water partition coefficient (Wildman–Crippen LogP) is 3.95. The summed E-state index contributed by atoms with van der Waals surface area (Å²) in [6.45, 7) is 1.46. The van der Waals surface area contributed by atoms with Crippen LogP contribution in [0.3, 0.4) is 0 Å². The second-order valence-electron chi connectivity index (χ2n) is 6.35. The zero-order chi connectivity index (χ0) is 22.9. The minimum absolute atomic E-state index is 0.0418. The Morgan fingerprint density at radius 2 is 1.72 bits per heavy atom. The van der Waals surface area contributed by atoms with Crippen LogP contribution in [0.15, 0.2) is 48.5 Å². The zero-order valence-corrected chi connectivity index (χ0v) is 17.8. The number of methoxy groups -OCH3 is 2. The minimum Gasteiger partial charge on any atom is -0.497 e. The predicted molar refractivity (Wildman–Crippen MR) is 116 cm³/mol. The van der Waals surface area contributed by atoms with Gasteiger partial charge in [-0.2, -0.15) is 4.98 Å². The second-order valence-corrected chi connectivity index (χ2v) is 6.35. The summed E-state index contributed by atoms with van der Waals surface area (Å²) in [5, 5.41) is 3.01. The second kappa shape index (κ2) is 10.9. The van der Waals surface area contributed by atoms with Gasteiger partial charge in [-0.05, 0) is 6.92 Å². The van der Waals surface area contributed by atoms with Crippen molar-refractivity contribution in [3.63, 3.8) is 0 Å². The van der Waals surface area contributed by atoms with Crippen LogP contribution in [0.2, 0.25) is 0 Å². The van der Waals surface area contributed by atoms with Crippen LogP contribution < -0.4 is 20.3 Å². The van der Waals surface area contributed by atoms with Crippen LogP contribution >= 0.6 is 0 Å². The molecule has 0 radical (unpaired) electrons. The Bertz CT molecular complexity index is 1040. The highest BCUT2D eigenvalue weighted by Gasteiger charge is 2.17. The zero-order valence-electron chi connectivity index (χ0n) is 17.8. The lowest BCUT2D eigenvalue weighted by Gasteiger charge is -2.14. The van der Waals surface area contributed by atoms with Crippen LogP contribution in [0.25, 0.3) is 11.3 Å². The standard InChI is InChI=1S/C22H23FN4O5/c1-4-31-18(28)13-32-27-21-19(23)20(14-8-6-5-7-9-14)25-22(26-21)24-15-10-16(29-2)12-17(11-15)30-3/h5-12H,4,13H2,1-3H3,(H2,24,25,26,27). The molecule has 10 heteroatoms. The van der Waals surface area contributed by atoms with Crippen molar-refractivity contribution >= 4 is 23.4 Å². The van der Waals surface area contributed by atoms with Gasteiger partial charge in [0.15, 0.2) is 18.2 Å². The average Bonchev–Trinajstić information content (AvgIpc) is 2.81. The van der Waals surface area contributed by atoms with Gasteiger partial charge in [-0.3, -0.25) is 4.84 Å². The average molecular weight is 442 g/mol. The first-order valence-electron chi connectivity index (χ1n) is 9.70. The Morgan fingerprint density at radius 1 is 1.03 bits per heavy atom. The molecule has 0 saturated heterocycles. The van der Waals surface area contributed by atoms with E-state index in [-0.39, 0.29) is 24.1 Å². The van der Waals surface area contributed by atoms with Gasteiger partial charge in [0, 0.05) is 29.4 Å². The molecular weight excluding hydrogens is 419 g/mol. The summed E-state index contributed by atoms with van der Waals surface area (Å²) in [6, 6.07) is 13.9.